The third-order valence-electron chi connectivity index (χ3n) is 6.39. The van der Waals surface area contributed by atoms with Crippen LogP contribution in [0.5, 0.6) is 0 Å². The summed E-state index contributed by atoms with van der Waals surface area (Å²) < 4.78 is 26.3. The molecule has 0 saturated heterocycles. The number of rotatable bonds is 9. The fraction of sp³-hybridized carbons (Fsp3) is 0.462. The van der Waals surface area contributed by atoms with Crippen LogP contribution in [-0.2, 0) is 26.2 Å². The molecule has 1 aliphatic carbocycles. The molecule has 1 saturated carbocycles. The number of amides is 2. The van der Waals surface area contributed by atoms with E-state index in [2.05, 4.69) is 5.32 Å². The Morgan fingerprint density at radius 2 is 1.63 bits per heavy atom. The molecule has 2 aromatic carbocycles. The maximum atomic E-state index is 13.6. The molecule has 9 heteroatoms. The van der Waals surface area contributed by atoms with Gasteiger partial charge < -0.3 is 10.2 Å². The van der Waals surface area contributed by atoms with E-state index in [4.69, 9.17) is 11.6 Å². The molecule has 0 bridgehead atoms. The molecule has 0 heterocycles. The normalized spacial score (nSPS) is 15.3. The van der Waals surface area contributed by atoms with Crippen molar-refractivity contribution >= 4 is 39.1 Å². The van der Waals surface area contributed by atoms with Crippen LogP contribution in [0, 0.1) is 6.92 Å². The van der Waals surface area contributed by atoms with Gasteiger partial charge in [-0.3, -0.25) is 13.9 Å². The molecule has 0 unspecified atom stereocenters. The standard InChI is InChI=1S/C26H34ClN3O4S/c1-19-9-15-24(16-10-19)30(35(3,33)34)18-25(31)29(17-21-11-13-22(27)14-12-21)20(2)26(32)28-23-7-5-4-6-8-23/h9-16,20,23H,4-8,17-18H2,1-3H3,(H,28,32)/t20-/m1/s1. The van der Waals surface area contributed by atoms with Crippen molar-refractivity contribution in [2.75, 3.05) is 17.1 Å². The van der Waals surface area contributed by atoms with E-state index in [0.29, 0.717) is 10.7 Å². The molecule has 1 aliphatic rings. The summed E-state index contributed by atoms with van der Waals surface area (Å²) in [6.07, 6.45) is 6.25. The number of aryl methyl sites for hydroxylation is 1. The third-order valence-corrected chi connectivity index (χ3v) is 7.78. The van der Waals surface area contributed by atoms with Crippen molar-refractivity contribution in [1.82, 2.24) is 10.2 Å². The predicted octanol–water partition coefficient (Wildman–Crippen LogP) is 4.28. The molecule has 2 amide bonds. The summed E-state index contributed by atoms with van der Waals surface area (Å²) in [6, 6.07) is 13.3. The molecule has 7 nitrogen and oxygen atoms in total. The van der Waals surface area contributed by atoms with Gasteiger partial charge in [-0.2, -0.15) is 0 Å². The van der Waals surface area contributed by atoms with Gasteiger partial charge in [-0.05, 0) is 56.5 Å². The van der Waals surface area contributed by atoms with Crippen LogP contribution in [0.2, 0.25) is 5.02 Å². The first kappa shape index (κ1) is 27.0. The lowest BCUT2D eigenvalue weighted by Crippen LogP contribution is -2.52. The van der Waals surface area contributed by atoms with Gasteiger partial charge in [-0.1, -0.05) is 60.7 Å². The molecule has 0 radical (unpaired) electrons. The van der Waals surface area contributed by atoms with Crippen molar-refractivity contribution in [1.29, 1.82) is 0 Å². The highest BCUT2D eigenvalue weighted by Crippen LogP contribution is 2.21. The summed E-state index contributed by atoms with van der Waals surface area (Å²) in [4.78, 5) is 28.1. The first-order valence-corrected chi connectivity index (χ1v) is 14.2. The Morgan fingerprint density at radius 1 is 1.03 bits per heavy atom. The van der Waals surface area contributed by atoms with E-state index in [1.54, 1.807) is 55.5 Å². The van der Waals surface area contributed by atoms with Crippen molar-refractivity contribution in [2.24, 2.45) is 0 Å². The molecule has 35 heavy (non-hydrogen) atoms. The number of anilines is 1. The zero-order chi connectivity index (χ0) is 25.6. The molecule has 0 aliphatic heterocycles. The van der Waals surface area contributed by atoms with E-state index in [9.17, 15) is 18.0 Å². The molecule has 190 valence electrons. The van der Waals surface area contributed by atoms with Crippen LogP contribution in [0.3, 0.4) is 0 Å². The van der Waals surface area contributed by atoms with Gasteiger partial charge in [-0.25, -0.2) is 8.42 Å². The number of nitrogens with zero attached hydrogens (tertiary/aromatic N) is 2. The smallest absolute Gasteiger partial charge is 0.244 e. The lowest BCUT2D eigenvalue weighted by Gasteiger charge is -2.33. The van der Waals surface area contributed by atoms with Gasteiger partial charge in [0.2, 0.25) is 21.8 Å². The number of benzene rings is 2. The van der Waals surface area contributed by atoms with Crippen molar-refractivity contribution in [3.63, 3.8) is 0 Å². The highest BCUT2D eigenvalue weighted by atomic mass is 35.5. The second kappa shape index (κ2) is 11.9. The Morgan fingerprint density at radius 3 is 2.20 bits per heavy atom. The summed E-state index contributed by atoms with van der Waals surface area (Å²) >= 11 is 6.01. The number of carbonyl (C=O) groups excluding carboxylic acids is 2. The van der Waals surface area contributed by atoms with Crippen LogP contribution in [0.4, 0.5) is 5.69 Å². The van der Waals surface area contributed by atoms with Gasteiger partial charge in [0, 0.05) is 17.6 Å². The Labute approximate surface area is 213 Å². The van der Waals surface area contributed by atoms with Crippen LogP contribution < -0.4 is 9.62 Å². The fourth-order valence-electron chi connectivity index (χ4n) is 4.26. The summed E-state index contributed by atoms with van der Waals surface area (Å²) in [5.41, 5.74) is 2.17. The van der Waals surface area contributed by atoms with Gasteiger partial charge in [0.25, 0.3) is 0 Å². The minimum atomic E-state index is -3.74. The molecule has 0 spiro atoms. The van der Waals surface area contributed by atoms with E-state index in [1.807, 2.05) is 6.92 Å². The van der Waals surface area contributed by atoms with Crippen molar-refractivity contribution < 1.29 is 18.0 Å². The summed E-state index contributed by atoms with van der Waals surface area (Å²) in [5.74, 6) is -0.697. The Balaban J connectivity index is 1.85. The van der Waals surface area contributed by atoms with Crippen LogP contribution in [0.1, 0.15) is 50.2 Å². The topological polar surface area (TPSA) is 86.8 Å². The van der Waals surface area contributed by atoms with Crippen molar-refractivity contribution in [3.05, 3.63) is 64.7 Å². The molecular formula is C26H34ClN3O4S. The highest BCUT2D eigenvalue weighted by molar-refractivity contribution is 7.92. The average molecular weight is 520 g/mol. The second-order valence-corrected chi connectivity index (χ2v) is 11.6. The molecule has 1 atom stereocenters. The average Bonchev–Trinajstić information content (AvgIpc) is 2.82. The number of hydrogen-bond acceptors (Lipinski definition) is 4. The van der Waals surface area contributed by atoms with Crippen LogP contribution >= 0.6 is 11.6 Å². The monoisotopic (exact) mass is 519 g/mol. The van der Waals surface area contributed by atoms with Crippen LogP contribution in [0.15, 0.2) is 48.5 Å². The van der Waals surface area contributed by atoms with E-state index >= 15 is 0 Å². The van der Waals surface area contributed by atoms with Gasteiger partial charge in [-0.15, -0.1) is 0 Å². The summed E-state index contributed by atoms with van der Waals surface area (Å²) in [5, 5.41) is 3.65. The Kier molecular flexibility index (Phi) is 9.19. The number of sulfonamides is 1. The quantitative estimate of drug-likeness (QED) is 0.535. The van der Waals surface area contributed by atoms with E-state index in [1.165, 1.54) is 11.3 Å². The van der Waals surface area contributed by atoms with Gasteiger partial charge >= 0.3 is 0 Å². The van der Waals surface area contributed by atoms with Gasteiger partial charge in [0.15, 0.2) is 0 Å². The lowest BCUT2D eigenvalue weighted by atomic mass is 9.95. The van der Waals surface area contributed by atoms with E-state index in [-0.39, 0.29) is 18.5 Å². The van der Waals surface area contributed by atoms with Gasteiger partial charge in [0.05, 0.1) is 11.9 Å². The molecular weight excluding hydrogens is 486 g/mol. The number of carbonyl (C=O) groups is 2. The second-order valence-electron chi connectivity index (χ2n) is 9.27. The highest BCUT2D eigenvalue weighted by Gasteiger charge is 2.31. The Bertz CT molecular complexity index is 1110. The largest absolute Gasteiger partial charge is 0.352 e. The van der Waals surface area contributed by atoms with Crippen LogP contribution in [-0.4, -0.2) is 50.0 Å². The number of halogens is 1. The molecule has 3 rings (SSSR count). The fourth-order valence-corrected chi connectivity index (χ4v) is 5.24. The maximum Gasteiger partial charge on any atom is 0.244 e. The molecule has 2 aromatic rings. The minimum Gasteiger partial charge on any atom is -0.352 e. The summed E-state index contributed by atoms with van der Waals surface area (Å²) in [7, 11) is -3.74. The first-order valence-electron chi connectivity index (χ1n) is 11.9. The van der Waals surface area contributed by atoms with Crippen molar-refractivity contribution in [2.45, 2.75) is 64.6 Å². The van der Waals surface area contributed by atoms with Crippen molar-refractivity contribution in [3.8, 4) is 0 Å². The number of nitrogens with one attached hydrogen (secondary N) is 1. The van der Waals surface area contributed by atoms with E-state index < -0.39 is 28.5 Å². The maximum absolute atomic E-state index is 13.6. The predicted molar refractivity (Wildman–Crippen MR) is 140 cm³/mol. The first-order chi connectivity index (χ1) is 16.5. The lowest BCUT2D eigenvalue weighted by molar-refractivity contribution is -0.139. The summed E-state index contributed by atoms with van der Waals surface area (Å²) in [6.45, 7) is 3.33. The zero-order valence-electron chi connectivity index (χ0n) is 20.5. The van der Waals surface area contributed by atoms with Crippen LogP contribution in [0.25, 0.3) is 0 Å². The minimum absolute atomic E-state index is 0.103. The molecule has 0 aromatic heterocycles. The SMILES string of the molecule is Cc1ccc(N(CC(=O)N(Cc2ccc(Cl)cc2)[C@H](C)C(=O)NC2CCCCC2)S(C)(=O)=O)cc1. The van der Waals surface area contributed by atoms with Gasteiger partial charge in [0.1, 0.15) is 12.6 Å². The molecule has 1 fully saturated rings. The van der Waals surface area contributed by atoms with E-state index in [0.717, 1.165) is 47.4 Å². The number of hydrogen-bond donors (Lipinski definition) is 1. The Hall–Kier alpha value is -2.58. The molecule has 1 N–H and O–H groups in total. The third kappa shape index (κ3) is 7.70. The zero-order valence-corrected chi connectivity index (χ0v) is 22.1.